The zero-order valence-corrected chi connectivity index (χ0v) is 13.1. The van der Waals surface area contributed by atoms with Crippen LogP contribution < -0.4 is 10.5 Å². The van der Waals surface area contributed by atoms with E-state index in [2.05, 4.69) is 18.7 Å². The Kier molecular flexibility index (Phi) is 5.07. The van der Waals surface area contributed by atoms with E-state index in [9.17, 15) is 4.79 Å². The fourth-order valence-corrected chi connectivity index (χ4v) is 2.65. The number of hydrogen-bond donors (Lipinski definition) is 1. The summed E-state index contributed by atoms with van der Waals surface area (Å²) >= 11 is 0. The van der Waals surface area contributed by atoms with Crippen molar-refractivity contribution in [3.63, 3.8) is 0 Å². The van der Waals surface area contributed by atoms with Crippen molar-refractivity contribution >= 4 is 11.6 Å². The van der Waals surface area contributed by atoms with Crippen LogP contribution in [0.1, 0.15) is 30.6 Å². The van der Waals surface area contributed by atoms with E-state index in [-0.39, 0.29) is 5.91 Å². The summed E-state index contributed by atoms with van der Waals surface area (Å²) in [5, 5.41) is 0. The zero-order valence-electron chi connectivity index (χ0n) is 13.1. The molecule has 0 radical (unpaired) electrons. The third-order valence-electron chi connectivity index (χ3n) is 4.30. The van der Waals surface area contributed by atoms with Crippen LogP contribution in [0.5, 0.6) is 5.75 Å². The smallest absolute Gasteiger partial charge is 0.254 e. The minimum absolute atomic E-state index is 0.0529. The van der Waals surface area contributed by atoms with Crippen LogP contribution in [-0.4, -0.2) is 55.0 Å². The van der Waals surface area contributed by atoms with Gasteiger partial charge in [-0.25, -0.2) is 0 Å². The molecule has 0 aromatic heterocycles. The van der Waals surface area contributed by atoms with Gasteiger partial charge in [0.15, 0.2) is 0 Å². The highest BCUT2D eigenvalue weighted by molar-refractivity contribution is 5.95. The van der Waals surface area contributed by atoms with Gasteiger partial charge in [-0.3, -0.25) is 9.69 Å². The van der Waals surface area contributed by atoms with E-state index < -0.39 is 0 Å². The molecule has 1 fully saturated rings. The predicted octanol–water partition coefficient (Wildman–Crippen LogP) is 1.83. The highest BCUT2D eigenvalue weighted by Crippen LogP contribution is 2.23. The number of anilines is 1. The van der Waals surface area contributed by atoms with Gasteiger partial charge in [0.1, 0.15) is 5.75 Å². The summed E-state index contributed by atoms with van der Waals surface area (Å²) in [4.78, 5) is 16.9. The quantitative estimate of drug-likeness (QED) is 0.860. The number of rotatable bonds is 4. The lowest BCUT2D eigenvalue weighted by atomic mass is 10.1. The summed E-state index contributed by atoms with van der Waals surface area (Å²) in [5.41, 5.74) is 6.98. The van der Waals surface area contributed by atoms with Crippen molar-refractivity contribution in [1.82, 2.24) is 9.80 Å². The molecule has 5 nitrogen and oxygen atoms in total. The van der Waals surface area contributed by atoms with Crippen LogP contribution in [0.4, 0.5) is 5.69 Å². The summed E-state index contributed by atoms with van der Waals surface area (Å²) in [5.74, 6) is 0.608. The molecule has 2 rings (SSSR count). The molecule has 5 heteroatoms. The SMILES string of the molecule is CCC(C)N1CCN(C(=O)c2ccc(N)c(OC)c2)CC1. The number of nitrogen functional groups attached to an aromatic ring is 1. The van der Waals surface area contributed by atoms with Crippen molar-refractivity contribution in [1.29, 1.82) is 0 Å². The molecule has 1 aromatic carbocycles. The number of ether oxygens (including phenoxy) is 1. The zero-order chi connectivity index (χ0) is 15.4. The fraction of sp³-hybridized carbons (Fsp3) is 0.562. The first-order valence-corrected chi connectivity index (χ1v) is 7.53. The van der Waals surface area contributed by atoms with Gasteiger partial charge in [-0.05, 0) is 31.5 Å². The molecule has 1 aliphatic heterocycles. The Labute approximate surface area is 126 Å². The van der Waals surface area contributed by atoms with Gasteiger partial charge in [0, 0.05) is 37.8 Å². The normalized spacial score (nSPS) is 17.6. The molecular weight excluding hydrogens is 266 g/mol. The average Bonchev–Trinajstić information content (AvgIpc) is 2.54. The number of nitrogens with zero attached hydrogens (tertiary/aromatic N) is 2. The van der Waals surface area contributed by atoms with Gasteiger partial charge < -0.3 is 15.4 Å². The lowest BCUT2D eigenvalue weighted by Crippen LogP contribution is -2.51. The van der Waals surface area contributed by atoms with Crippen LogP contribution in [0.2, 0.25) is 0 Å². The van der Waals surface area contributed by atoms with Crippen molar-refractivity contribution in [2.24, 2.45) is 0 Å². The van der Waals surface area contributed by atoms with Crippen LogP contribution >= 0.6 is 0 Å². The van der Waals surface area contributed by atoms with E-state index >= 15 is 0 Å². The molecule has 1 aliphatic rings. The number of hydrogen-bond acceptors (Lipinski definition) is 4. The van der Waals surface area contributed by atoms with Crippen molar-refractivity contribution in [3.8, 4) is 5.75 Å². The number of carbonyl (C=O) groups excluding carboxylic acids is 1. The molecule has 21 heavy (non-hydrogen) atoms. The van der Waals surface area contributed by atoms with Gasteiger partial charge in [-0.15, -0.1) is 0 Å². The number of piperazine rings is 1. The van der Waals surface area contributed by atoms with Crippen LogP contribution in [0.3, 0.4) is 0 Å². The second kappa shape index (κ2) is 6.80. The molecule has 1 saturated heterocycles. The maximum Gasteiger partial charge on any atom is 0.254 e. The molecule has 0 spiro atoms. The third-order valence-corrected chi connectivity index (χ3v) is 4.30. The monoisotopic (exact) mass is 291 g/mol. The van der Waals surface area contributed by atoms with E-state index in [1.165, 1.54) is 0 Å². The Hall–Kier alpha value is -1.75. The van der Waals surface area contributed by atoms with Crippen LogP contribution in [0, 0.1) is 0 Å². The first kappa shape index (κ1) is 15.6. The van der Waals surface area contributed by atoms with Gasteiger partial charge in [-0.1, -0.05) is 6.92 Å². The number of methoxy groups -OCH3 is 1. The number of carbonyl (C=O) groups is 1. The second-order valence-electron chi connectivity index (χ2n) is 5.54. The van der Waals surface area contributed by atoms with Crippen molar-refractivity contribution < 1.29 is 9.53 Å². The summed E-state index contributed by atoms with van der Waals surface area (Å²) in [6.07, 6.45) is 1.14. The molecular formula is C16H25N3O2. The second-order valence-corrected chi connectivity index (χ2v) is 5.54. The molecule has 0 saturated carbocycles. The Morgan fingerprint density at radius 3 is 2.57 bits per heavy atom. The van der Waals surface area contributed by atoms with Crippen molar-refractivity contribution in [3.05, 3.63) is 23.8 Å². The Bertz CT molecular complexity index is 496. The fourth-order valence-electron chi connectivity index (χ4n) is 2.65. The van der Waals surface area contributed by atoms with Crippen molar-refractivity contribution in [2.75, 3.05) is 39.0 Å². The van der Waals surface area contributed by atoms with E-state index in [4.69, 9.17) is 10.5 Å². The van der Waals surface area contributed by atoms with Gasteiger partial charge >= 0.3 is 0 Å². The average molecular weight is 291 g/mol. The summed E-state index contributed by atoms with van der Waals surface area (Å²) in [6, 6.07) is 5.79. The maximum atomic E-state index is 12.5. The molecule has 1 unspecified atom stereocenters. The van der Waals surface area contributed by atoms with E-state index in [0.717, 1.165) is 32.6 Å². The van der Waals surface area contributed by atoms with Gasteiger partial charge in [-0.2, -0.15) is 0 Å². The molecule has 1 atom stereocenters. The lowest BCUT2D eigenvalue weighted by molar-refractivity contribution is 0.0579. The number of amides is 1. The van der Waals surface area contributed by atoms with Crippen LogP contribution in [0.15, 0.2) is 18.2 Å². The maximum absolute atomic E-state index is 12.5. The predicted molar refractivity (Wildman–Crippen MR) is 84.6 cm³/mol. The van der Waals surface area contributed by atoms with Gasteiger partial charge in [0.05, 0.1) is 12.8 Å². The van der Waals surface area contributed by atoms with E-state index in [1.807, 2.05) is 4.90 Å². The largest absolute Gasteiger partial charge is 0.495 e. The minimum Gasteiger partial charge on any atom is -0.495 e. The highest BCUT2D eigenvalue weighted by Gasteiger charge is 2.24. The Balaban J connectivity index is 2.02. The van der Waals surface area contributed by atoms with Crippen molar-refractivity contribution in [2.45, 2.75) is 26.3 Å². The Morgan fingerprint density at radius 2 is 2.00 bits per heavy atom. The third kappa shape index (κ3) is 3.47. The topological polar surface area (TPSA) is 58.8 Å². The lowest BCUT2D eigenvalue weighted by Gasteiger charge is -2.37. The molecule has 1 aromatic rings. The van der Waals surface area contributed by atoms with E-state index in [1.54, 1.807) is 25.3 Å². The summed E-state index contributed by atoms with van der Waals surface area (Å²) < 4.78 is 5.18. The molecule has 116 valence electrons. The standard InChI is InChI=1S/C16H25N3O2/c1-4-12(2)18-7-9-19(10-8-18)16(20)13-5-6-14(17)15(11-13)21-3/h5-6,11-12H,4,7-10,17H2,1-3H3. The molecule has 1 heterocycles. The first-order chi connectivity index (χ1) is 10.1. The minimum atomic E-state index is 0.0529. The Morgan fingerprint density at radius 1 is 1.33 bits per heavy atom. The molecule has 0 bridgehead atoms. The molecule has 1 amide bonds. The summed E-state index contributed by atoms with van der Waals surface area (Å²) in [6.45, 7) is 7.86. The van der Waals surface area contributed by atoms with Crippen LogP contribution in [-0.2, 0) is 0 Å². The van der Waals surface area contributed by atoms with E-state index in [0.29, 0.717) is 23.0 Å². The van der Waals surface area contributed by atoms with Crippen LogP contribution in [0.25, 0.3) is 0 Å². The number of nitrogens with two attached hydrogens (primary N) is 1. The first-order valence-electron chi connectivity index (χ1n) is 7.53. The van der Waals surface area contributed by atoms with Gasteiger partial charge in [0.2, 0.25) is 0 Å². The molecule has 2 N–H and O–H groups in total. The summed E-state index contributed by atoms with van der Waals surface area (Å²) in [7, 11) is 1.56. The number of benzene rings is 1. The van der Waals surface area contributed by atoms with Gasteiger partial charge in [0.25, 0.3) is 5.91 Å². The highest BCUT2D eigenvalue weighted by atomic mass is 16.5. The molecule has 0 aliphatic carbocycles.